The number of likely N-dealkylation sites (tertiary alicyclic amines) is 1. The first kappa shape index (κ1) is 13.9. The van der Waals surface area contributed by atoms with E-state index in [1.807, 2.05) is 6.92 Å². The number of rotatable bonds is 2. The molecule has 2 aromatic rings. The standard InChI is InChI=1S/C15H15ClN2O3/c1-8-11-6-10(16)2-3-12(11)21-13(8)15(20)18-5-4-9(7-18)14(17)19/h2-3,6,9H,4-5,7H2,1H3,(H2,17,19)/t9-/m1/s1. The van der Waals surface area contributed by atoms with Gasteiger partial charge in [-0.2, -0.15) is 0 Å². The minimum Gasteiger partial charge on any atom is -0.451 e. The van der Waals surface area contributed by atoms with E-state index in [4.69, 9.17) is 21.8 Å². The summed E-state index contributed by atoms with van der Waals surface area (Å²) in [6.45, 7) is 2.70. The number of carbonyl (C=O) groups is 2. The number of halogens is 1. The number of benzene rings is 1. The molecule has 21 heavy (non-hydrogen) atoms. The Hall–Kier alpha value is -2.01. The lowest BCUT2D eigenvalue weighted by atomic mass is 10.1. The van der Waals surface area contributed by atoms with Crippen molar-refractivity contribution in [3.05, 3.63) is 34.5 Å². The summed E-state index contributed by atoms with van der Waals surface area (Å²) < 4.78 is 5.66. The van der Waals surface area contributed by atoms with Gasteiger partial charge >= 0.3 is 0 Å². The third kappa shape index (κ3) is 2.38. The summed E-state index contributed by atoms with van der Waals surface area (Å²) in [4.78, 5) is 25.3. The van der Waals surface area contributed by atoms with Gasteiger partial charge in [0.15, 0.2) is 5.76 Å². The molecule has 1 aliphatic heterocycles. The van der Waals surface area contributed by atoms with Crippen molar-refractivity contribution < 1.29 is 14.0 Å². The van der Waals surface area contributed by atoms with Crippen LogP contribution in [0.4, 0.5) is 0 Å². The van der Waals surface area contributed by atoms with Crippen molar-refractivity contribution in [3.63, 3.8) is 0 Å². The van der Waals surface area contributed by atoms with Gasteiger partial charge in [-0.3, -0.25) is 9.59 Å². The average Bonchev–Trinajstić information content (AvgIpc) is 3.04. The number of amides is 2. The van der Waals surface area contributed by atoms with Crippen LogP contribution in [0.2, 0.25) is 5.02 Å². The van der Waals surface area contributed by atoms with E-state index in [9.17, 15) is 9.59 Å². The third-order valence-electron chi connectivity index (χ3n) is 3.97. The third-order valence-corrected chi connectivity index (χ3v) is 4.21. The summed E-state index contributed by atoms with van der Waals surface area (Å²) in [6.07, 6.45) is 0.603. The number of hydrogen-bond acceptors (Lipinski definition) is 3. The molecule has 0 saturated carbocycles. The van der Waals surface area contributed by atoms with E-state index in [2.05, 4.69) is 0 Å². The molecule has 5 nitrogen and oxygen atoms in total. The summed E-state index contributed by atoms with van der Waals surface area (Å²) >= 11 is 5.97. The van der Waals surface area contributed by atoms with E-state index in [-0.39, 0.29) is 17.7 Å². The molecule has 0 radical (unpaired) electrons. The molecule has 0 spiro atoms. The monoisotopic (exact) mass is 306 g/mol. The van der Waals surface area contributed by atoms with Gasteiger partial charge in [-0.1, -0.05) is 11.6 Å². The predicted molar refractivity (Wildman–Crippen MR) is 79.2 cm³/mol. The lowest BCUT2D eigenvalue weighted by Crippen LogP contribution is -2.31. The van der Waals surface area contributed by atoms with Gasteiger partial charge in [0.05, 0.1) is 5.92 Å². The van der Waals surface area contributed by atoms with E-state index < -0.39 is 0 Å². The summed E-state index contributed by atoms with van der Waals surface area (Å²) in [7, 11) is 0. The second kappa shape index (κ2) is 5.07. The van der Waals surface area contributed by atoms with Crippen LogP contribution in [0.3, 0.4) is 0 Å². The van der Waals surface area contributed by atoms with E-state index in [1.165, 1.54) is 0 Å². The zero-order chi connectivity index (χ0) is 15.1. The van der Waals surface area contributed by atoms with Gasteiger partial charge in [-0.15, -0.1) is 0 Å². The number of aryl methyl sites for hydroxylation is 1. The van der Waals surface area contributed by atoms with Crippen LogP contribution in [-0.4, -0.2) is 29.8 Å². The molecule has 3 rings (SSSR count). The number of nitrogens with zero attached hydrogens (tertiary/aromatic N) is 1. The Morgan fingerprint density at radius 3 is 2.86 bits per heavy atom. The van der Waals surface area contributed by atoms with E-state index >= 15 is 0 Å². The second-order valence-corrected chi connectivity index (χ2v) is 5.77. The number of nitrogens with two attached hydrogens (primary N) is 1. The first-order valence-electron chi connectivity index (χ1n) is 6.74. The van der Waals surface area contributed by atoms with Crippen LogP contribution in [-0.2, 0) is 4.79 Å². The highest BCUT2D eigenvalue weighted by Gasteiger charge is 2.32. The van der Waals surface area contributed by atoms with E-state index in [0.717, 1.165) is 10.9 Å². The first-order valence-corrected chi connectivity index (χ1v) is 7.12. The number of primary amides is 1. The molecule has 1 saturated heterocycles. The number of fused-ring (bicyclic) bond motifs is 1. The Kier molecular flexibility index (Phi) is 3.37. The highest BCUT2D eigenvalue weighted by atomic mass is 35.5. The van der Waals surface area contributed by atoms with Crippen molar-refractivity contribution in [2.45, 2.75) is 13.3 Å². The summed E-state index contributed by atoms with van der Waals surface area (Å²) in [5, 5.41) is 1.43. The molecule has 1 aromatic heterocycles. The summed E-state index contributed by atoms with van der Waals surface area (Å²) in [6, 6.07) is 5.25. The summed E-state index contributed by atoms with van der Waals surface area (Å²) in [5.41, 5.74) is 6.69. The van der Waals surface area contributed by atoms with Crippen LogP contribution in [0, 0.1) is 12.8 Å². The quantitative estimate of drug-likeness (QED) is 0.925. The highest BCUT2D eigenvalue weighted by molar-refractivity contribution is 6.31. The molecular formula is C15H15ClN2O3. The molecule has 0 aliphatic carbocycles. The maximum absolute atomic E-state index is 12.5. The molecule has 110 valence electrons. The van der Waals surface area contributed by atoms with Crippen LogP contribution >= 0.6 is 11.6 Å². The fourth-order valence-corrected chi connectivity index (χ4v) is 2.89. The van der Waals surface area contributed by atoms with Gasteiger partial charge in [0.2, 0.25) is 5.91 Å². The fraction of sp³-hybridized carbons (Fsp3) is 0.333. The highest BCUT2D eigenvalue weighted by Crippen LogP contribution is 2.29. The largest absolute Gasteiger partial charge is 0.451 e. The van der Waals surface area contributed by atoms with Crippen molar-refractivity contribution in [1.29, 1.82) is 0 Å². The first-order chi connectivity index (χ1) is 9.97. The molecule has 6 heteroatoms. The van der Waals surface area contributed by atoms with Crippen LogP contribution in [0.1, 0.15) is 22.5 Å². The number of furan rings is 1. The van der Waals surface area contributed by atoms with Crippen molar-refractivity contribution >= 4 is 34.4 Å². The molecule has 1 fully saturated rings. The smallest absolute Gasteiger partial charge is 0.289 e. The minimum atomic E-state index is -0.363. The Balaban J connectivity index is 1.92. The molecule has 2 N–H and O–H groups in total. The molecule has 0 unspecified atom stereocenters. The van der Waals surface area contributed by atoms with Crippen LogP contribution in [0.25, 0.3) is 11.0 Å². The molecule has 0 bridgehead atoms. The Bertz CT molecular complexity index is 738. The zero-order valence-electron chi connectivity index (χ0n) is 11.6. The Labute approximate surface area is 126 Å². The molecule has 1 aromatic carbocycles. The van der Waals surface area contributed by atoms with Crippen LogP contribution < -0.4 is 5.73 Å². The number of carbonyl (C=O) groups excluding carboxylic acids is 2. The van der Waals surface area contributed by atoms with Gasteiger partial charge in [0, 0.05) is 29.1 Å². The lowest BCUT2D eigenvalue weighted by Gasteiger charge is -2.14. The normalized spacial score (nSPS) is 18.4. The van der Waals surface area contributed by atoms with Crippen molar-refractivity contribution in [1.82, 2.24) is 4.90 Å². The maximum atomic E-state index is 12.5. The maximum Gasteiger partial charge on any atom is 0.289 e. The SMILES string of the molecule is Cc1c(C(=O)N2CC[C@@H](C(N)=O)C2)oc2ccc(Cl)cc12. The van der Waals surface area contributed by atoms with E-state index in [1.54, 1.807) is 23.1 Å². The molecular weight excluding hydrogens is 292 g/mol. The average molecular weight is 307 g/mol. The van der Waals surface area contributed by atoms with Crippen molar-refractivity contribution in [2.75, 3.05) is 13.1 Å². The van der Waals surface area contributed by atoms with Crippen LogP contribution in [0.5, 0.6) is 0 Å². The predicted octanol–water partition coefficient (Wildman–Crippen LogP) is 2.34. The van der Waals surface area contributed by atoms with Gasteiger partial charge < -0.3 is 15.1 Å². The Morgan fingerprint density at radius 2 is 2.19 bits per heavy atom. The summed E-state index contributed by atoms with van der Waals surface area (Å²) in [5.74, 6) is -0.535. The van der Waals surface area contributed by atoms with Gasteiger partial charge in [-0.05, 0) is 31.5 Å². The zero-order valence-corrected chi connectivity index (χ0v) is 12.3. The molecule has 2 heterocycles. The molecule has 1 atom stereocenters. The van der Waals surface area contributed by atoms with E-state index in [0.29, 0.717) is 35.9 Å². The fourth-order valence-electron chi connectivity index (χ4n) is 2.72. The topological polar surface area (TPSA) is 76.5 Å². The Morgan fingerprint density at radius 1 is 1.43 bits per heavy atom. The van der Waals surface area contributed by atoms with Crippen molar-refractivity contribution in [2.24, 2.45) is 11.7 Å². The van der Waals surface area contributed by atoms with Crippen LogP contribution in [0.15, 0.2) is 22.6 Å². The molecule has 1 aliphatic rings. The van der Waals surface area contributed by atoms with Crippen molar-refractivity contribution in [3.8, 4) is 0 Å². The van der Waals surface area contributed by atoms with Gasteiger partial charge in [-0.25, -0.2) is 0 Å². The molecule has 2 amide bonds. The van der Waals surface area contributed by atoms with Gasteiger partial charge in [0.1, 0.15) is 5.58 Å². The minimum absolute atomic E-state index is 0.205. The van der Waals surface area contributed by atoms with Gasteiger partial charge in [0.25, 0.3) is 5.91 Å². The lowest BCUT2D eigenvalue weighted by molar-refractivity contribution is -0.121. The second-order valence-electron chi connectivity index (χ2n) is 5.34. The number of hydrogen-bond donors (Lipinski definition) is 1.